The lowest BCUT2D eigenvalue weighted by atomic mass is 10.3. The van der Waals surface area contributed by atoms with Crippen LogP contribution in [0.1, 0.15) is 18.9 Å². The van der Waals surface area contributed by atoms with Gasteiger partial charge in [-0.15, -0.1) is 11.3 Å². The summed E-state index contributed by atoms with van der Waals surface area (Å²) in [5.74, 6) is -0.868. The summed E-state index contributed by atoms with van der Waals surface area (Å²) in [4.78, 5) is 27.5. The summed E-state index contributed by atoms with van der Waals surface area (Å²) in [6.07, 6.45) is 2.07. The number of hydrogen-bond donors (Lipinski definition) is 1. The van der Waals surface area contributed by atoms with Crippen molar-refractivity contribution in [3.8, 4) is 0 Å². The molecule has 110 valence electrons. The molecule has 1 aromatic heterocycles. The fourth-order valence-corrected chi connectivity index (χ4v) is 2.56. The fraction of sp³-hybridized carbons (Fsp3) is 0.267. The molecule has 2 aromatic rings. The summed E-state index contributed by atoms with van der Waals surface area (Å²) in [5, 5.41) is 3.31. The van der Waals surface area contributed by atoms with Crippen LogP contribution in [0.15, 0.2) is 30.3 Å². The molecule has 0 fully saturated rings. The van der Waals surface area contributed by atoms with Crippen molar-refractivity contribution in [3.05, 3.63) is 35.3 Å². The Bertz CT molecular complexity index is 645. The molecular weight excluding hydrogens is 288 g/mol. The Kier molecular flexibility index (Phi) is 5.05. The summed E-state index contributed by atoms with van der Waals surface area (Å²) in [7, 11) is 0. The van der Waals surface area contributed by atoms with Gasteiger partial charge in [-0.25, -0.2) is 9.78 Å². The van der Waals surface area contributed by atoms with E-state index in [4.69, 9.17) is 4.74 Å². The number of ether oxygens (including phenoxy) is 1. The first-order valence-corrected chi connectivity index (χ1v) is 7.43. The number of esters is 1. The molecule has 5 nitrogen and oxygen atoms in total. The largest absolute Gasteiger partial charge is 0.449 e. The number of hydrogen-bond acceptors (Lipinski definition) is 5. The molecular formula is C15H16N2O3S. The first kappa shape index (κ1) is 15.2. The van der Waals surface area contributed by atoms with Crippen LogP contribution in [0.4, 0.5) is 0 Å². The second-order valence-corrected chi connectivity index (χ2v) is 5.39. The quantitative estimate of drug-likeness (QED) is 0.680. The molecule has 0 saturated carbocycles. The van der Waals surface area contributed by atoms with Gasteiger partial charge in [0.05, 0.1) is 10.2 Å². The van der Waals surface area contributed by atoms with Crippen molar-refractivity contribution in [2.24, 2.45) is 0 Å². The molecule has 0 radical (unpaired) electrons. The van der Waals surface area contributed by atoms with E-state index in [9.17, 15) is 9.59 Å². The number of nitrogens with one attached hydrogen (secondary N) is 1. The molecule has 1 aromatic carbocycles. The molecule has 2 rings (SSSR count). The molecule has 0 spiro atoms. The van der Waals surface area contributed by atoms with Crippen molar-refractivity contribution in [2.75, 3.05) is 6.54 Å². The van der Waals surface area contributed by atoms with Gasteiger partial charge < -0.3 is 10.1 Å². The minimum absolute atomic E-state index is 0.306. The maximum absolute atomic E-state index is 11.6. The van der Waals surface area contributed by atoms with Gasteiger partial charge in [0.2, 0.25) is 0 Å². The van der Waals surface area contributed by atoms with E-state index in [0.717, 1.165) is 15.2 Å². The summed E-state index contributed by atoms with van der Waals surface area (Å²) < 4.78 is 6.06. The number of carbonyl (C=O) groups is 2. The maximum atomic E-state index is 11.6. The van der Waals surface area contributed by atoms with Gasteiger partial charge in [0.25, 0.3) is 5.91 Å². The molecule has 1 N–H and O–H groups in total. The first-order valence-electron chi connectivity index (χ1n) is 6.62. The van der Waals surface area contributed by atoms with E-state index in [1.807, 2.05) is 24.3 Å². The number of likely N-dealkylation sites (N-methyl/N-ethyl adjacent to an activating group) is 1. The van der Waals surface area contributed by atoms with Crippen LogP contribution in [0.5, 0.6) is 0 Å². The number of carbonyl (C=O) groups excluding carboxylic acids is 2. The Labute approximate surface area is 126 Å². The maximum Gasteiger partial charge on any atom is 0.331 e. The average molecular weight is 304 g/mol. The van der Waals surface area contributed by atoms with Crippen molar-refractivity contribution in [3.63, 3.8) is 0 Å². The van der Waals surface area contributed by atoms with E-state index in [2.05, 4.69) is 10.3 Å². The molecule has 1 heterocycles. The molecule has 0 unspecified atom stereocenters. The van der Waals surface area contributed by atoms with Gasteiger partial charge in [-0.2, -0.15) is 0 Å². The molecule has 0 aliphatic heterocycles. The summed E-state index contributed by atoms with van der Waals surface area (Å²) in [6.45, 7) is 3.84. The van der Waals surface area contributed by atoms with Crippen molar-refractivity contribution in [1.82, 2.24) is 10.3 Å². The van der Waals surface area contributed by atoms with Crippen LogP contribution >= 0.6 is 11.3 Å². The van der Waals surface area contributed by atoms with Gasteiger partial charge in [0, 0.05) is 12.6 Å². The second-order valence-electron chi connectivity index (χ2n) is 4.33. The van der Waals surface area contributed by atoms with Crippen molar-refractivity contribution in [2.45, 2.75) is 20.0 Å². The zero-order valence-corrected chi connectivity index (χ0v) is 12.6. The number of amides is 1. The lowest BCUT2D eigenvalue weighted by molar-refractivity contribution is -0.150. The van der Waals surface area contributed by atoms with Crippen LogP contribution in [-0.4, -0.2) is 29.5 Å². The van der Waals surface area contributed by atoms with Gasteiger partial charge in [0.15, 0.2) is 6.10 Å². The standard InChI is InChI=1S/C15H16N2O3S/c1-3-16-15(19)10(2)20-14(18)9-8-13-17-11-6-4-5-7-12(11)21-13/h4-10H,3H2,1-2H3,(H,16,19)/b9-8+/t10-/m1/s1. The predicted molar refractivity (Wildman–Crippen MR) is 82.9 cm³/mol. The Morgan fingerprint density at radius 1 is 1.43 bits per heavy atom. The first-order chi connectivity index (χ1) is 10.1. The summed E-state index contributed by atoms with van der Waals surface area (Å²) >= 11 is 1.49. The molecule has 0 aliphatic carbocycles. The van der Waals surface area contributed by atoms with E-state index < -0.39 is 12.1 Å². The Balaban J connectivity index is 1.97. The Hall–Kier alpha value is -2.21. The van der Waals surface area contributed by atoms with Crippen LogP contribution in [0.3, 0.4) is 0 Å². The summed E-state index contributed by atoms with van der Waals surface area (Å²) in [6, 6.07) is 7.74. The van der Waals surface area contributed by atoms with Crippen LogP contribution in [0.25, 0.3) is 16.3 Å². The third kappa shape index (κ3) is 4.13. The fourth-order valence-electron chi connectivity index (χ4n) is 1.69. The third-order valence-electron chi connectivity index (χ3n) is 2.69. The van der Waals surface area contributed by atoms with Crippen molar-refractivity contribution < 1.29 is 14.3 Å². The molecule has 0 saturated heterocycles. The minimum Gasteiger partial charge on any atom is -0.449 e. The van der Waals surface area contributed by atoms with Gasteiger partial charge in [0.1, 0.15) is 5.01 Å². The number of benzene rings is 1. The number of nitrogens with zero attached hydrogens (tertiary/aromatic N) is 1. The molecule has 1 atom stereocenters. The molecule has 21 heavy (non-hydrogen) atoms. The van der Waals surface area contributed by atoms with Gasteiger partial charge in [-0.1, -0.05) is 12.1 Å². The highest BCUT2D eigenvalue weighted by molar-refractivity contribution is 7.19. The van der Waals surface area contributed by atoms with Crippen LogP contribution in [0.2, 0.25) is 0 Å². The highest BCUT2D eigenvalue weighted by Gasteiger charge is 2.15. The smallest absolute Gasteiger partial charge is 0.331 e. The zero-order valence-electron chi connectivity index (χ0n) is 11.8. The number of aromatic nitrogens is 1. The topological polar surface area (TPSA) is 68.3 Å². The molecule has 6 heteroatoms. The van der Waals surface area contributed by atoms with E-state index >= 15 is 0 Å². The van der Waals surface area contributed by atoms with E-state index in [-0.39, 0.29) is 5.91 Å². The van der Waals surface area contributed by atoms with Gasteiger partial charge >= 0.3 is 5.97 Å². The minimum atomic E-state index is -0.808. The summed E-state index contributed by atoms with van der Waals surface area (Å²) in [5.41, 5.74) is 0.895. The van der Waals surface area contributed by atoms with Gasteiger partial charge in [-0.3, -0.25) is 4.79 Å². The number of fused-ring (bicyclic) bond motifs is 1. The van der Waals surface area contributed by atoms with Crippen molar-refractivity contribution >= 4 is 39.5 Å². The van der Waals surface area contributed by atoms with E-state index in [1.165, 1.54) is 24.3 Å². The lowest BCUT2D eigenvalue weighted by Gasteiger charge is -2.10. The number of rotatable bonds is 5. The highest BCUT2D eigenvalue weighted by atomic mass is 32.1. The number of para-hydroxylation sites is 1. The van der Waals surface area contributed by atoms with Crippen molar-refractivity contribution in [1.29, 1.82) is 0 Å². The average Bonchev–Trinajstić information content (AvgIpc) is 2.88. The second kappa shape index (κ2) is 6.99. The van der Waals surface area contributed by atoms with Crippen LogP contribution in [0, 0.1) is 0 Å². The monoisotopic (exact) mass is 304 g/mol. The molecule has 0 aliphatic rings. The van der Waals surface area contributed by atoms with Crippen LogP contribution in [-0.2, 0) is 14.3 Å². The predicted octanol–water partition coefficient (Wildman–Crippen LogP) is 2.38. The lowest BCUT2D eigenvalue weighted by Crippen LogP contribution is -2.35. The normalized spacial score (nSPS) is 12.5. The Morgan fingerprint density at radius 3 is 2.90 bits per heavy atom. The van der Waals surface area contributed by atoms with Crippen LogP contribution < -0.4 is 5.32 Å². The number of thiazole rings is 1. The zero-order chi connectivity index (χ0) is 15.2. The molecule has 0 bridgehead atoms. The Morgan fingerprint density at radius 2 is 2.19 bits per heavy atom. The third-order valence-corrected chi connectivity index (χ3v) is 3.69. The SMILES string of the molecule is CCNC(=O)[C@@H](C)OC(=O)/C=C/c1nc2ccccc2s1. The van der Waals surface area contributed by atoms with E-state index in [0.29, 0.717) is 6.54 Å². The highest BCUT2D eigenvalue weighted by Crippen LogP contribution is 2.22. The van der Waals surface area contributed by atoms with Gasteiger partial charge in [-0.05, 0) is 32.1 Å². The van der Waals surface area contributed by atoms with E-state index in [1.54, 1.807) is 13.0 Å². The molecule has 1 amide bonds.